The third-order valence-corrected chi connectivity index (χ3v) is 5.99. The van der Waals surface area contributed by atoms with Crippen LogP contribution in [0.4, 0.5) is 0 Å². The molecular weight excluding hydrogens is 388 g/mol. The van der Waals surface area contributed by atoms with E-state index in [1.165, 1.54) is 7.11 Å². The molecule has 0 saturated heterocycles. The third kappa shape index (κ3) is 2.59. The number of hydrogen-bond acceptors (Lipinski definition) is 4. The van der Waals surface area contributed by atoms with Crippen molar-refractivity contribution in [2.24, 2.45) is 0 Å². The maximum atomic E-state index is 12.3. The van der Waals surface area contributed by atoms with Crippen molar-refractivity contribution in [1.82, 2.24) is 19.6 Å². The summed E-state index contributed by atoms with van der Waals surface area (Å²) in [5.41, 5.74) is 8.24. The first-order chi connectivity index (χ1) is 14.0. The lowest BCUT2D eigenvalue weighted by Gasteiger charge is -2.24. The molecule has 0 saturated carbocycles. The number of ether oxygens (including phenoxy) is 1. The number of aryl methyl sites for hydroxylation is 1. The van der Waals surface area contributed by atoms with Crippen molar-refractivity contribution in [3.63, 3.8) is 0 Å². The van der Waals surface area contributed by atoms with Crippen LogP contribution >= 0.6 is 11.6 Å². The summed E-state index contributed by atoms with van der Waals surface area (Å²) < 4.78 is 9.18. The van der Waals surface area contributed by atoms with Crippen LogP contribution in [-0.4, -0.2) is 32.6 Å². The molecule has 5 rings (SSSR count). The molecule has 3 heterocycles. The fraction of sp³-hybridized carbons (Fsp3) is 0.227. The van der Waals surface area contributed by atoms with Gasteiger partial charge in [0.2, 0.25) is 0 Å². The Morgan fingerprint density at radius 2 is 2.00 bits per heavy atom. The predicted octanol–water partition coefficient (Wildman–Crippen LogP) is 4.24. The van der Waals surface area contributed by atoms with Crippen molar-refractivity contribution in [2.45, 2.75) is 26.8 Å². The minimum absolute atomic E-state index is 0.178. The molecule has 0 radical (unpaired) electrons. The number of halogens is 1. The van der Waals surface area contributed by atoms with Gasteiger partial charge in [-0.1, -0.05) is 28.9 Å². The van der Waals surface area contributed by atoms with Crippen LogP contribution in [0.3, 0.4) is 0 Å². The van der Waals surface area contributed by atoms with Gasteiger partial charge in [-0.3, -0.25) is 4.79 Å². The molecule has 7 heteroatoms. The van der Waals surface area contributed by atoms with E-state index in [9.17, 15) is 4.79 Å². The summed E-state index contributed by atoms with van der Waals surface area (Å²) in [7, 11) is 1.42. The molecule has 0 atom stereocenters. The van der Waals surface area contributed by atoms with Crippen molar-refractivity contribution in [1.29, 1.82) is 0 Å². The van der Waals surface area contributed by atoms with Crippen LogP contribution in [0, 0.1) is 13.8 Å². The molecule has 29 heavy (non-hydrogen) atoms. The Morgan fingerprint density at radius 3 is 2.72 bits per heavy atom. The highest BCUT2D eigenvalue weighted by Gasteiger charge is 2.28. The minimum atomic E-state index is -0.277. The van der Waals surface area contributed by atoms with E-state index in [1.54, 1.807) is 6.20 Å². The summed E-state index contributed by atoms with van der Waals surface area (Å²) in [6.07, 6.45) is 1.97. The quantitative estimate of drug-likeness (QED) is 0.420. The van der Waals surface area contributed by atoms with Crippen LogP contribution in [0.5, 0.6) is 0 Å². The van der Waals surface area contributed by atoms with Gasteiger partial charge in [-0.2, -0.15) is 0 Å². The van der Waals surface area contributed by atoms with Gasteiger partial charge in [0.25, 0.3) is 0 Å². The highest BCUT2D eigenvalue weighted by molar-refractivity contribution is 6.30. The highest BCUT2D eigenvalue weighted by atomic mass is 35.5. The maximum Gasteiger partial charge on any atom is 0.310 e. The first-order valence-electron chi connectivity index (χ1n) is 9.37. The number of esters is 1. The Bertz CT molecular complexity index is 1280. The fourth-order valence-corrected chi connectivity index (χ4v) is 4.48. The number of carbonyl (C=O) groups is 1. The summed E-state index contributed by atoms with van der Waals surface area (Å²) in [6.45, 7) is 4.85. The molecule has 146 valence electrons. The number of nitrogens with zero attached hydrogens (tertiary/aromatic N) is 4. The molecule has 0 spiro atoms. The predicted molar refractivity (Wildman–Crippen MR) is 112 cm³/mol. The summed E-state index contributed by atoms with van der Waals surface area (Å²) in [4.78, 5) is 12.3. The zero-order valence-corrected chi connectivity index (χ0v) is 17.1. The molecule has 6 nitrogen and oxygen atoms in total. The Morgan fingerprint density at radius 1 is 1.24 bits per heavy atom. The molecule has 0 bridgehead atoms. The smallest absolute Gasteiger partial charge is 0.310 e. The third-order valence-electron chi connectivity index (χ3n) is 5.74. The second-order valence-electron chi connectivity index (χ2n) is 7.36. The normalized spacial score (nSPS) is 12.3. The van der Waals surface area contributed by atoms with Crippen molar-refractivity contribution in [3.8, 4) is 16.8 Å². The Kier molecular flexibility index (Phi) is 3.99. The van der Waals surface area contributed by atoms with Crippen LogP contribution < -0.4 is 0 Å². The lowest BCUT2D eigenvalue weighted by Crippen LogP contribution is -2.18. The molecule has 0 amide bonds. The van der Waals surface area contributed by atoms with Crippen LogP contribution in [0.25, 0.3) is 27.7 Å². The van der Waals surface area contributed by atoms with Crippen LogP contribution in [0.2, 0.25) is 5.02 Å². The van der Waals surface area contributed by atoms with E-state index in [4.69, 9.17) is 16.3 Å². The number of benzene rings is 2. The number of methoxy groups -OCH3 is 1. The molecule has 0 unspecified atom stereocenters. The van der Waals surface area contributed by atoms with Gasteiger partial charge < -0.3 is 9.30 Å². The van der Waals surface area contributed by atoms with Gasteiger partial charge in [-0.05, 0) is 54.3 Å². The van der Waals surface area contributed by atoms with Gasteiger partial charge in [0, 0.05) is 16.1 Å². The lowest BCUT2D eigenvalue weighted by molar-refractivity contribution is -0.139. The summed E-state index contributed by atoms with van der Waals surface area (Å²) in [5, 5.41) is 10.2. The van der Waals surface area contributed by atoms with E-state index in [-0.39, 0.29) is 12.4 Å². The van der Waals surface area contributed by atoms with E-state index in [0.29, 0.717) is 11.6 Å². The average molecular weight is 407 g/mol. The van der Waals surface area contributed by atoms with Crippen molar-refractivity contribution < 1.29 is 9.53 Å². The second kappa shape index (κ2) is 6.46. The molecular formula is C22H19ClN4O2. The molecule has 4 aromatic rings. The standard InChI is InChI=1S/C22H19ClN4O2/c1-12-8-18-20(14-4-6-15(23)7-5-14)17(9-19(28)29-3)13(2)21-22(18)26(12)11-16-10-24-25-27(16)21/h4-8,10H,9,11H2,1-3H3. The van der Waals surface area contributed by atoms with Gasteiger partial charge in [-0.25, -0.2) is 4.68 Å². The molecule has 1 aliphatic rings. The maximum absolute atomic E-state index is 12.3. The summed E-state index contributed by atoms with van der Waals surface area (Å²) in [5.74, 6) is -0.277. The SMILES string of the molecule is COC(=O)Cc1c(C)c2c3c(cc(C)n3Cc3cnnn3-2)c1-c1ccc(Cl)cc1. The topological polar surface area (TPSA) is 61.9 Å². The van der Waals surface area contributed by atoms with Crippen molar-refractivity contribution in [2.75, 3.05) is 7.11 Å². The number of rotatable bonds is 3. The van der Waals surface area contributed by atoms with Gasteiger partial charge in [0.1, 0.15) is 0 Å². The van der Waals surface area contributed by atoms with E-state index >= 15 is 0 Å². The lowest BCUT2D eigenvalue weighted by atomic mass is 9.89. The number of fused-ring (bicyclic) bond motifs is 2. The summed E-state index contributed by atoms with van der Waals surface area (Å²) in [6, 6.07) is 9.92. The Hall–Kier alpha value is -3.12. The monoisotopic (exact) mass is 406 g/mol. The van der Waals surface area contributed by atoms with Gasteiger partial charge in [0.15, 0.2) is 0 Å². The second-order valence-corrected chi connectivity index (χ2v) is 7.79. The number of carbonyl (C=O) groups excluding carboxylic acids is 1. The Balaban J connectivity index is 1.93. The average Bonchev–Trinajstić information content (AvgIpc) is 3.31. The molecule has 0 aliphatic carbocycles. The Labute approximate surface area is 172 Å². The largest absolute Gasteiger partial charge is 0.469 e. The number of aromatic nitrogens is 4. The molecule has 2 aromatic heterocycles. The fourth-order valence-electron chi connectivity index (χ4n) is 4.35. The molecule has 0 N–H and O–H groups in total. The van der Waals surface area contributed by atoms with E-state index < -0.39 is 0 Å². The van der Waals surface area contributed by atoms with Crippen LogP contribution in [0.15, 0.2) is 36.5 Å². The first-order valence-corrected chi connectivity index (χ1v) is 9.75. The van der Waals surface area contributed by atoms with Gasteiger partial charge in [0.05, 0.1) is 43.2 Å². The highest BCUT2D eigenvalue weighted by Crippen LogP contribution is 2.43. The van der Waals surface area contributed by atoms with E-state index in [2.05, 4.69) is 27.9 Å². The van der Waals surface area contributed by atoms with E-state index in [0.717, 1.165) is 50.2 Å². The molecule has 0 fully saturated rings. The van der Waals surface area contributed by atoms with E-state index in [1.807, 2.05) is 35.9 Å². The first kappa shape index (κ1) is 17.9. The van der Waals surface area contributed by atoms with Crippen LogP contribution in [0.1, 0.15) is 22.5 Å². The minimum Gasteiger partial charge on any atom is -0.469 e. The zero-order chi connectivity index (χ0) is 20.3. The number of hydrogen-bond donors (Lipinski definition) is 0. The summed E-state index contributed by atoms with van der Waals surface area (Å²) >= 11 is 6.13. The zero-order valence-electron chi connectivity index (χ0n) is 16.4. The van der Waals surface area contributed by atoms with Crippen LogP contribution in [-0.2, 0) is 22.5 Å². The molecule has 2 aromatic carbocycles. The van der Waals surface area contributed by atoms with Crippen molar-refractivity contribution in [3.05, 3.63) is 64.1 Å². The van der Waals surface area contributed by atoms with Gasteiger partial charge >= 0.3 is 5.97 Å². The molecule has 1 aliphatic heterocycles. The van der Waals surface area contributed by atoms with Crippen molar-refractivity contribution >= 4 is 28.5 Å². The van der Waals surface area contributed by atoms with Gasteiger partial charge in [-0.15, -0.1) is 5.10 Å².